The number of carbonyl (C=O) groups excluding carboxylic acids is 2. The highest BCUT2D eigenvalue weighted by Gasteiger charge is 2.51. The molecule has 2 bridgehead atoms. The lowest BCUT2D eigenvalue weighted by atomic mass is 9.49. The van der Waals surface area contributed by atoms with E-state index < -0.39 is 0 Å². The normalized spacial score (nSPS) is 24.5. The van der Waals surface area contributed by atoms with Crippen molar-refractivity contribution < 1.29 is 14.0 Å². The Morgan fingerprint density at radius 1 is 1.12 bits per heavy atom. The van der Waals surface area contributed by atoms with E-state index in [0.29, 0.717) is 36.4 Å². The van der Waals surface area contributed by atoms with Crippen LogP contribution in [0.3, 0.4) is 0 Å². The van der Waals surface area contributed by atoms with Gasteiger partial charge in [-0.1, -0.05) is 32.4 Å². The standard InChI is InChI=1S/C26H36FN3O2/c1-4-24(31)30(18-20-5-8-21-17-23(20)26(21,2)3)16-13-28-11-14-29(15-12-28)25(32)19-6-9-22(27)10-7-19/h5-7,9-10,21,23H,4,8,11-18H2,1-3H3. The summed E-state index contributed by atoms with van der Waals surface area (Å²) in [5.74, 6) is 1.27. The SMILES string of the molecule is CCC(=O)N(CCN1CCN(C(=O)c2ccc(F)cc2)CC1)CC1=CCC2CC1C2(C)C. The zero-order valence-electron chi connectivity index (χ0n) is 19.6. The monoisotopic (exact) mass is 441 g/mol. The first-order valence-corrected chi connectivity index (χ1v) is 12.0. The third-order valence-electron chi connectivity index (χ3n) is 8.05. The van der Waals surface area contributed by atoms with Crippen molar-refractivity contribution in [1.29, 1.82) is 0 Å². The van der Waals surface area contributed by atoms with Crippen molar-refractivity contribution in [2.24, 2.45) is 17.3 Å². The summed E-state index contributed by atoms with van der Waals surface area (Å²) >= 11 is 0. The Balaban J connectivity index is 1.28. The van der Waals surface area contributed by atoms with Crippen molar-refractivity contribution in [1.82, 2.24) is 14.7 Å². The zero-order valence-corrected chi connectivity index (χ0v) is 19.6. The van der Waals surface area contributed by atoms with E-state index in [9.17, 15) is 14.0 Å². The van der Waals surface area contributed by atoms with Crippen LogP contribution in [-0.2, 0) is 4.79 Å². The molecule has 174 valence electrons. The van der Waals surface area contributed by atoms with E-state index in [1.165, 1.54) is 24.1 Å². The summed E-state index contributed by atoms with van der Waals surface area (Å²) in [5, 5.41) is 0. The molecule has 5 rings (SSSR count). The second-order valence-electron chi connectivity index (χ2n) is 10.1. The van der Waals surface area contributed by atoms with E-state index in [4.69, 9.17) is 0 Å². The van der Waals surface area contributed by atoms with Crippen LogP contribution in [0.5, 0.6) is 0 Å². The van der Waals surface area contributed by atoms with Gasteiger partial charge in [0.15, 0.2) is 0 Å². The number of rotatable bonds is 7. The molecule has 1 saturated carbocycles. The fourth-order valence-corrected chi connectivity index (χ4v) is 5.60. The summed E-state index contributed by atoms with van der Waals surface area (Å²) in [6.45, 7) is 11.9. The highest BCUT2D eigenvalue weighted by molar-refractivity contribution is 5.94. The summed E-state index contributed by atoms with van der Waals surface area (Å²) in [4.78, 5) is 31.5. The molecule has 0 N–H and O–H groups in total. The lowest BCUT2D eigenvalue weighted by Gasteiger charge is -2.57. The lowest BCUT2D eigenvalue weighted by molar-refractivity contribution is -0.131. The Morgan fingerprint density at radius 3 is 2.41 bits per heavy atom. The minimum Gasteiger partial charge on any atom is -0.337 e. The van der Waals surface area contributed by atoms with E-state index in [1.54, 1.807) is 12.1 Å². The maximum Gasteiger partial charge on any atom is 0.253 e. The van der Waals surface area contributed by atoms with Gasteiger partial charge >= 0.3 is 0 Å². The molecule has 2 unspecified atom stereocenters. The minimum absolute atomic E-state index is 0.0434. The van der Waals surface area contributed by atoms with E-state index in [-0.39, 0.29) is 17.6 Å². The average molecular weight is 442 g/mol. The van der Waals surface area contributed by atoms with Gasteiger partial charge in [0, 0.05) is 57.8 Å². The van der Waals surface area contributed by atoms with Gasteiger partial charge in [-0.2, -0.15) is 0 Å². The predicted octanol–water partition coefficient (Wildman–Crippen LogP) is 3.81. The Bertz CT molecular complexity index is 872. The van der Waals surface area contributed by atoms with E-state index in [2.05, 4.69) is 24.8 Å². The molecule has 32 heavy (non-hydrogen) atoms. The molecular weight excluding hydrogens is 405 g/mol. The summed E-state index contributed by atoms with van der Waals surface area (Å²) in [6, 6.07) is 5.75. The minimum atomic E-state index is -0.331. The van der Waals surface area contributed by atoms with Gasteiger partial charge in [0.05, 0.1) is 0 Å². The topological polar surface area (TPSA) is 43.9 Å². The quantitative estimate of drug-likeness (QED) is 0.605. The second kappa shape index (κ2) is 9.34. The first-order chi connectivity index (χ1) is 15.3. The number of carbonyl (C=O) groups is 2. The lowest BCUT2D eigenvalue weighted by Crippen LogP contribution is -2.52. The Kier molecular flexibility index (Phi) is 6.70. The largest absolute Gasteiger partial charge is 0.337 e. The van der Waals surface area contributed by atoms with Crippen LogP contribution in [0, 0.1) is 23.1 Å². The number of hydrogen-bond acceptors (Lipinski definition) is 3. The Hall–Kier alpha value is -2.21. The number of halogens is 1. The highest BCUT2D eigenvalue weighted by atomic mass is 19.1. The molecule has 2 amide bonds. The Labute approximate surface area is 191 Å². The fraction of sp³-hybridized carbons (Fsp3) is 0.615. The number of nitrogens with zero attached hydrogens (tertiary/aromatic N) is 3. The molecule has 1 aromatic rings. The van der Waals surface area contributed by atoms with Crippen molar-refractivity contribution in [3.63, 3.8) is 0 Å². The van der Waals surface area contributed by atoms with Gasteiger partial charge < -0.3 is 9.80 Å². The molecule has 1 saturated heterocycles. The van der Waals surface area contributed by atoms with Gasteiger partial charge in [0.25, 0.3) is 5.91 Å². The van der Waals surface area contributed by atoms with Crippen molar-refractivity contribution >= 4 is 11.8 Å². The molecule has 5 nitrogen and oxygen atoms in total. The maximum absolute atomic E-state index is 13.1. The smallest absolute Gasteiger partial charge is 0.253 e. The van der Waals surface area contributed by atoms with Gasteiger partial charge in [0.1, 0.15) is 5.82 Å². The number of hydrogen-bond donors (Lipinski definition) is 0. The van der Waals surface area contributed by atoms with Crippen LogP contribution in [0.2, 0.25) is 0 Å². The molecule has 3 aliphatic carbocycles. The number of fused-ring (bicyclic) bond motifs is 1. The third-order valence-corrected chi connectivity index (χ3v) is 8.05. The first-order valence-electron chi connectivity index (χ1n) is 12.0. The molecule has 0 aromatic heterocycles. The van der Waals surface area contributed by atoms with Gasteiger partial charge in [0.2, 0.25) is 5.91 Å². The number of allylic oxidation sites excluding steroid dienone is 1. The summed E-state index contributed by atoms with van der Waals surface area (Å²) in [7, 11) is 0. The maximum atomic E-state index is 13.1. The summed E-state index contributed by atoms with van der Waals surface area (Å²) in [6.07, 6.45) is 5.35. The van der Waals surface area contributed by atoms with Crippen molar-refractivity contribution in [2.45, 2.75) is 40.0 Å². The van der Waals surface area contributed by atoms with Crippen molar-refractivity contribution in [3.8, 4) is 0 Å². The molecule has 4 aliphatic rings. The van der Waals surface area contributed by atoms with Gasteiger partial charge in [-0.15, -0.1) is 0 Å². The average Bonchev–Trinajstić information content (AvgIpc) is 2.81. The molecule has 2 fully saturated rings. The summed E-state index contributed by atoms with van der Waals surface area (Å²) < 4.78 is 13.1. The van der Waals surface area contributed by atoms with E-state index in [1.807, 2.05) is 16.7 Å². The third kappa shape index (κ3) is 4.61. The molecular formula is C26H36FN3O2. The molecule has 6 heteroatoms. The van der Waals surface area contributed by atoms with E-state index >= 15 is 0 Å². The van der Waals surface area contributed by atoms with Crippen LogP contribution in [-0.4, -0.2) is 72.3 Å². The molecule has 0 spiro atoms. The molecule has 2 atom stereocenters. The van der Waals surface area contributed by atoms with Crippen LogP contribution >= 0.6 is 0 Å². The highest BCUT2D eigenvalue weighted by Crippen LogP contribution is 2.59. The van der Waals surface area contributed by atoms with Crippen molar-refractivity contribution in [3.05, 3.63) is 47.3 Å². The second-order valence-corrected chi connectivity index (χ2v) is 10.1. The number of piperazine rings is 1. The van der Waals surface area contributed by atoms with Gasteiger partial charge in [-0.05, 0) is 54.4 Å². The summed E-state index contributed by atoms with van der Waals surface area (Å²) in [5.41, 5.74) is 2.36. The zero-order chi connectivity index (χ0) is 22.9. The predicted molar refractivity (Wildman–Crippen MR) is 124 cm³/mol. The van der Waals surface area contributed by atoms with Crippen LogP contribution in [0.1, 0.15) is 50.4 Å². The van der Waals surface area contributed by atoms with E-state index in [0.717, 1.165) is 45.1 Å². The first kappa shape index (κ1) is 23.0. The van der Waals surface area contributed by atoms with Crippen LogP contribution in [0.4, 0.5) is 4.39 Å². The fourth-order valence-electron chi connectivity index (χ4n) is 5.60. The Morgan fingerprint density at radius 2 is 1.81 bits per heavy atom. The van der Waals surface area contributed by atoms with Gasteiger partial charge in [-0.25, -0.2) is 4.39 Å². The van der Waals surface area contributed by atoms with Crippen LogP contribution < -0.4 is 0 Å². The van der Waals surface area contributed by atoms with Crippen LogP contribution in [0.15, 0.2) is 35.9 Å². The molecule has 1 aromatic carbocycles. The van der Waals surface area contributed by atoms with Crippen LogP contribution in [0.25, 0.3) is 0 Å². The van der Waals surface area contributed by atoms with Crippen molar-refractivity contribution in [2.75, 3.05) is 45.8 Å². The molecule has 1 heterocycles. The molecule has 0 radical (unpaired) electrons. The molecule has 1 aliphatic heterocycles. The number of benzene rings is 1. The van der Waals surface area contributed by atoms with Gasteiger partial charge in [-0.3, -0.25) is 14.5 Å². The number of amides is 2.